The highest BCUT2D eigenvalue weighted by Crippen LogP contribution is 1.93. The Morgan fingerprint density at radius 2 is 2.00 bits per heavy atom. The van der Waals surface area contributed by atoms with Crippen LogP contribution >= 0.6 is 0 Å². The van der Waals surface area contributed by atoms with Gasteiger partial charge in [0.05, 0.1) is 0 Å². The van der Waals surface area contributed by atoms with Gasteiger partial charge in [-0.15, -0.1) is 0 Å². The zero-order valence-electron chi connectivity index (χ0n) is 8.77. The maximum atomic E-state index is 3.39. The number of rotatable bonds is 7. The average Bonchev–Trinajstić information content (AvgIpc) is 2.02. The molecular weight excluding hydrogens is 146 g/mol. The summed E-state index contributed by atoms with van der Waals surface area (Å²) in [6.07, 6.45) is 8.43. The second-order valence-electron chi connectivity index (χ2n) is 3.58. The standard InChI is InChI=1S/C11H23N/c1-4-5-6-9-12-10-7-8-11(2)3/h7-8,11-12H,4-6,9-10H2,1-3H3/b8-7+. The molecule has 72 valence electrons. The van der Waals surface area contributed by atoms with E-state index in [1.165, 1.54) is 19.3 Å². The van der Waals surface area contributed by atoms with E-state index in [1.54, 1.807) is 0 Å². The van der Waals surface area contributed by atoms with Gasteiger partial charge in [-0.1, -0.05) is 45.8 Å². The molecule has 0 aromatic rings. The predicted octanol–water partition coefficient (Wildman–Crippen LogP) is 2.98. The molecule has 0 fully saturated rings. The normalized spacial score (nSPS) is 11.7. The van der Waals surface area contributed by atoms with Crippen molar-refractivity contribution in [3.05, 3.63) is 12.2 Å². The molecular formula is C11H23N. The molecule has 0 aromatic heterocycles. The summed E-state index contributed by atoms with van der Waals surface area (Å²) in [4.78, 5) is 0. The van der Waals surface area contributed by atoms with E-state index < -0.39 is 0 Å². The van der Waals surface area contributed by atoms with Gasteiger partial charge in [-0.3, -0.25) is 0 Å². The van der Waals surface area contributed by atoms with E-state index in [1.807, 2.05) is 0 Å². The van der Waals surface area contributed by atoms with Crippen molar-refractivity contribution in [2.24, 2.45) is 5.92 Å². The van der Waals surface area contributed by atoms with E-state index in [2.05, 4.69) is 38.2 Å². The van der Waals surface area contributed by atoms with Crippen molar-refractivity contribution in [1.29, 1.82) is 0 Å². The third-order valence-corrected chi connectivity index (χ3v) is 1.74. The quantitative estimate of drug-likeness (QED) is 0.456. The minimum atomic E-state index is 0.683. The Kier molecular flexibility index (Phi) is 8.57. The SMILES string of the molecule is CCCCCNC/C=C/C(C)C. The molecule has 0 aliphatic carbocycles. The summed E-state index contributed by atoms with van der Waals surface area (Å²) in [7, 11) is 0. The smallest absolute Gasteiger partial charge is 0.0134 e. The van der Waals surface area contributed by atoms with Crippen molar-refractivity contribution < 1.29 is 0 Å². The molecule has 0 saturated heterocycles. The number of hydrogen-bond acceptors (Lipinski definition) is 1. The van der Waals surface area contributed by atoms with Gasteiger partial charge in [0.15, 0.2) is 0 Å². The highest BCUT2D eigenvalue weighted by atomic mass is 14.8. The number of allylic oxidation sites excluding steroid dienone is 1. The fourth-order valence-electron chi connectivity index (χ4n) is 1.03. The van der Waals surface area contributed by atoms with Gasteiger partial charge in [-0.2, -0.15) is 0 Å². The van der Waals surface area contributed by atoms with Gasteiger partial charge in [0, 0.05) is 6.54 Å². The van der Waals surface area contributed by atoms with Crippen LogP contribution in [0.5, 0.6) is 0 Å². The maximum Gasteiger partial charge on any atom is 0.0134 e. The van der Waals surface area contributed by atoms with Crippen LogP contribution in [0.25, 0.3) is 0 Å². The van der Waals surface area contributed by atoms with Crippen molar-refractivity contribution in [1.82, 2.24) is 5.32 Å². The topological polar surface area (TPSA) is 12.0 Å². The Bertz CT molecular complexity index is 106. The van der Waals surface area contributed by atoms with E-state index >= 15 is 0 Å². The van der Waals surface area contributed by atoms with Gasteiger partial charge in [0.1, 0.15) is 0 Å². The fourth-order valence-corrected chi connectivity index (χ4v) is 1.03. The van der Waals surface area contributed by atoms with Crippen molar-refractivity contribution in [2.75, 3.05) is 13.1 Å². The Labute approximate surface area is 77.2 Å². The Hall–Kier alpha value is -0.300. The van der Waals surface area contributed by atoms with E-state index in [0.29, 0.717) is 5.92 Å². The summed E-state index contributed by atoms with van der Waals surface area (Å²) in [5, 5.41) is 3.39. The lowest BCUT2D eigenvalue weighted by Gasteiger charge is -2.00. The third kappa shape index (κ3) is 9.70. The highest BCUT2D eigenvalue weighted by Gasteiger charge is 1.85. The first-order valence-corrected chi connectivity index (χ1v) is 5.14. The summed E-state index contributed by atoms with van der Waals surface area (Å²) in [6, 6.07) is 0. The molecule has 0 bridgehead atoms. The lowest BCUT2D eigenvalue weighted by Crippen LogP contribution is -2.14. The lowest BCUT2D eigenvalue weighted by molar-refractivity contribution is 0.645. The molecule has 0 saturated carbocycles. The third-order valence-electron chi connectivity index (χ3n) is 1.74. The number of nitrogens with one attached hydrogen (secondary N) is 1. The molecule has 0 aromatic carbocycles. The Balaban J connectivity index is 3.00. The average molecular weight is 169 g/mol. The van der Waals surface area contributed by atoms with Crippen molar-refractivity contribution in [3.8, 4) is 0 Å². The van der Waals surface area contributed by atoms with Gasteiger partial charge in [0.25, 0.3) is 0 Å². The molecule has 1 heteroatoms. The summed E-state index contributed by atoms with van der Waals surface area (Å²) in [5.41, 5.74) is 0. The van der Waals surface area contributed by atoms with Gasteiger partial charge in [-0.25, -0.2) is 0 Å². The molecule has 0 spiro atoms. The molecule has 0 atom stereocenters. The molecule has 0 amide bonds. The van der Waals surface area contributed by atoms with Crippen molar-refractivity contribution in [3.63, 3.8) is 0 Å². The number of hydrogen-bond donors (Lipinski definition) is 1. The lowest BCUT2D eigenvalue weighted by atomic mass is 10.2. The van der Waals surface area contributed by atoms with Crippen LogP contribution in [0.4, 0.5) is 0 Å². The van der Waals surface area contributed by atoms with Gasteiger partial charge in [-0.05, 0) is 18.9 Å². The zero-order chi connectivity index (χ0) is 9.23. The van der Waals surface area contributed by atoms with Crippen LogP contribution in [0.2, 0.25) is 0 Å². The summed E-state index contributed by atoms with van der Waals surface area (Å²) in [5.74, 6) is 0.683. The van der Waals surface area contributed by atoms with Crippen LogP contribution in [0.15, 0.2) is 12.2 Å². The largest absolute Gasteiger partial charge is 0.313 e. The Morgan fingerprint density at radius 1 is 1.25 bits per heavy atom. The predicted molar refractivity (Wildman–Crippen MR) is 56.4 cm³/mol. The van der Waals surface area contributed by atoms with E-state index in [0.717, 1.165) is 13.1 Å². The minimum Gasteiger partial charge on any atom is -0.313 e. The van der Waals surface area contributed by atoms with E-state index in [4.69, 9.17) is 0 Å². The van der Waals surface area contributed by atoms with Crippen LogP contribution in [-0.2, 0) is 0 Å². The Morgan fingerprint density at radius 3 is 2.58 bits per heavy atom. The molecule has 12 heavy (non-hydrogen) atoms. The number of unbranched alkanes of at least 4 members (excludes halogenated alkanes) is 2. The van der Waals surface area contributed by atoms with Crippen LogP contribution in [-0.4, -0.2) is 13.1 Å². The molecule has 0 radical (unpaired) electrons. The van der Waals surface area contributed by atoms with Crippen LogP contribution in [0.1, 0.15) is 40.0 Å². The molecule has 0 aliphatic rings. The monoisotopic (exact) mass is 169 g/mol. The first-order chi connectivity index (χ1) is 5.77. The molecule has 1 N–H and O–H groups in total. The van der Waals surface area contributed by atoms with Gasteiger partial charge < -0.3 is 5.32 Å². The second-order valence-corrected chi connectivity index (χ2v) is 3.58. The van der Waals surface area contributed by atoms with E-state index in [9.17, 15) is 0 Å². The fraction of sp³-hybridized carbons (Fsp3) is 0.818. The van der Waals surface area contributed by atoms with Crippen molar-refractivity contribution >= 4 is 0 Å². The zero-order valence-corrected chi connectivity index (χ0v) is 8.77. The van der Waals surface area contributed by atoms with Gasteiger partial charge >= 0.3 is 0 Å². The van der Waals surface area contributed by atoms with Crippen molar-refractivity contribution in [2.45, 2.75) is 40.0 Å². The van der Waals surface area contributed by atoms with Crippen LogP contribution in [0, 0.1) is 5.92 Å². The second kappa shape index (κ2) is 8.79. The molecule has 0 heterocycles. The molecule has 0 unspecified atom stereocenters. The summed E-state index contributed by atoms with van der Waals surface area (Å²) >= 11 is 0. The minimum absolute atomic E-state index is 0.683. The first kappa shape index (κ1) is 11.7. The summed E-state index contributed by atoms with van der Waals surface area (Å²) in [6.45, 7) is 8.83. The molecule has 0 aliphatic heterocycles. The first-order valence-electron chi connectivity index (χ1n) is 5.14. The van der Waals surface area contributed by atoms with Gasteiger partial charge in [0.2, 0.25) is 0 Å². The molecule has 1 nitrogen and oxygen atoms in total. The highest BCUT2D eigenvalue weighted by molar-refractivity contribution is 4.85. The summed E-state index contributed by atoms with van der Waals surface area (Å²) < 4.78 is 0. The van der Waals surface area contributed by atoms with E-state index in [-0.39, 0.29) is 0 Å². The van der Waals surface area contributed by atoms with Crippen LogP contribution in [0.3, 0.4) is 0 Å². The molecule has 0 rings (SSSR count). The maximum absolute atomic E-state index is 3.39. The van der Waals surface area contributed by atoms with Crippen LogP contribution < -0.4 is 5.32 Å².